The lowest BCUT2D eigenvalue weighted by molar-refractivity contribution is -0.124. The highest BCUT2D eigenvalue weighted by molar-refractivity contribution is 7.13. The predicted octanol–water partition coefficient (Wildman–Crippen LogP) is 5.51. The van der Waals surface area contributed by atoms with Crippen molar-refractivity contribution in [3.63, 3.8) is 0 Å². The molecule has 198 valence electrons. The molecule has 39 heavy (non-hydrogen) atoms. The maximum Gasteiger partial charge on any atom is 0.255 e. The predicted molar refractivity (Wildman–Crippen MR) is 150 cm³/mol. The Morgan fingerprint density at radius 1 is 1.03 bits per heavy atom. The van der Waals surface area contributed by atoms with E-state index in [9.17, 15) is 14.0 Å². The van der Waals surface area contributed by atoms with Gasteiger partial charge in [0.15, 0.2) is 0 Å². The number of carbonyl (C=O) groups excluding carboxylic acids is 2. The highest BCUT2D eigenvalue weighted by atomic mass is 32.1. The molecule has 3 aromatic carbocycles. The SMILES string of the molecule is CN(C)C(=O)c1cc(F)ccc1-n1ncc2cc([C@H](c3ccccc3)C(C)(C)C(=O)Nc3nncs3)ccc21. The molecule has 0 aliphatic heterocycles. The molecule has 0 saturated carbocycles. The highest BCUT2D eigenvalue weighted by Crippen LogP contribution is 2.42. The minimum absolute atomic E-state index is 0.179. The summed E-state index contributed by atoms with van der Waals surface area (Å²) in [6, 6.07) is 19.9. The van der Waals surface area contributed by atoms with Crippen molar-refractivity contribution in [3.8, 4) is 5.69 Å². The minimum Gasteiger partial charge on any atom is -0.345 e. The van der Waals surface area contributed by atoms with Crippen LogP contribution in [0.2, 0.25) is 0 Å². The van der Waals surface area contributed by atoms with Crippen LogP contribution in [0.1, 0.15) is 41.3 Å². The zero-order valence-corrected chi connectivity index (χ0v) is 22.7. The Hall–Kier alpha value is -4.44. The molecule has 10 heteroatoms. The average Bonchev–Trinajstić information content (AvgIpc) is 3.58. The summed E-state index contributed by atoms with van der Waals surface area (Å²) in [5, 5.41) is 16.5. The van der Waals surface area contributed by atoms with E-state index < -0.39 is 11.2 Å². The van der Waals surface area contributed by atoms with E-state index in [1.807, 2.05) is 62.4 Å². The number of benzene rings is 3. The molecule has 2 amide bonds. The molecule has 0 aliphatic carbocycles. The summed E-state index contributed by atoms with van der Waals surface area (Å²) in [5.41, 5.74) is 4.06. The molecule has 1 atom stereocenters. The molecular weight excluding hydrogens is 515 g/mol. The lowest BCUT2D eigenvalue weighted by Crippen LogP contribution is -2.37. The Kier molecular flexibility index (Phi) is 6.96. The Bertz CT molecular complexity index is 1650. The molecule has 5 aromatic rings. The van der Waals surface area contributed by atoms with E-state index in [4.69, 9.17) is 0 Å². The van der Waals surface area contributed by atoms with Gasteiger partial charge in [0.25, 0.3) is 5.91 Å². The van der Waals surface area contributed by atoms with Crippen molar-refractivity contribution in [2.45, 2.75) is 19.8 Å². The summed E-state index contributed by atoms with van der Waals surface area (Å²) < 4.78 is 15.7. The summed E-state index contributed by atoms with van der Waals surface area (Å²) in [7, 11) is 3.24. The number of halogens is 1. The number of fused-ring (bicyclic) bond motifs is 1. The fourth-order valence-corrected chi connectivity index (χ4v) is 5.26. The molecule has 2 heterocycles. The normalized spacial score (nSPS) is 12.3. The number of carbonyl (C=O) groups is 2. The van der Waals surface area contributed by atoms with Crippen LogP contribution in [0, 0.1) is 11.2 Å². The third kappa shape index (κ3) is 5.03. The van der Waals surface area contributed by atoms with E-state index in [1.165, 1.54) is 28.4 Å². The van der Waals surface area contributed by atoms with Gasteiger partial charge in [-0.3, -0.25) is 9.59 Å². The van der Waals surface area contributed by atoms with Crippen LogP contribution < -0.4 is 5.32 Å². The molecular formula is C29H27FN6O2S. The standard InChI is InChI=1S/C29H27FN6O2S/c1-29(2,27(38)33-28-34-31-17-39-28)25(18-8-6-5-7-9-18)19-10-12-23-20(14-19)16-32-36(23)24-13-11-21(30)15-22(24)26(37)35(3)4/h5-17,25H,1-4H3,(H,33,34,38)/t25-/m0/s1. The molecule has 0 radical (unpaired) electrons. The van der Waals surface area contributed by atoms with Gasteiger partial charge in [0, 0.05) is 25.4 Å². The maximum atomic E-state index is 14.1. The van der Waals surface area contributed by atoms with Gasteiger partial charge in [-0.1, -0.05) is 61.6 Å². The van der Waals surface area contributed by atoms with Crippen LogP contribution in [0.15, 0.2) is 78.4 Å². The largest absolute Gasteiger partial charge is 0.345 e. The third-order valence-electron chi connectivity index (χ3n) is 6.77. The van der Waals surface area contributed by atoms with E-state index >= 15 is 0 Å². The Morgan fingerprint density at radius 2 is 1.79 bits per heavy atom. The first-order valence-corrected chi connectivity index (χ1v) is 13.2. The Morgan fingerprint density at radius 3 is 2.49 bits per heavy atom. The summed E-state index contributed by atoms with van der Waals surface area (Å²) in [4.78, 5) is 27.7. The van der Waals surface area contributed by atoms with E-state index in [0.29, 0.717) is 10.8 Å². The van der Waals surface area contributed by atoms with E-state index in [0.717, 1.165) is 22.0 Å². The minimum atomic E-state index is -0.862. The number of amides is 2. The van der Waals surface area contributed by atoms with E-state index in [1.54, 1.807) is 36.6 Å². The molecule has 0 spiro atoms. The molecule has 0 saturated heterocycles. The van der Waals surface area contributed by atoms with Gasteiger partial charge in [0.2, 0.25) is 11.0 Å². The maximum absolute atomic E-state index is 14.1. The Labute approximate surface area is 229 Å². The fourth-order valence-electron chi connectivity index (χ4n) is 4.82. The van der Waals surface area contributed by atoms with Crippen molar-refractivity contribution in [1.82, 2.24) is 24.9 Å². The van der Waals surface area contributed by atoms with Crippen LogP contribution in [0.3, 0.4) is 0 Å². The molecule has 0 fully saturated rings. The Balaban J connectivity index is 1.59. The van der Waals surface area contributed by atoms with Gasteiger partial charge in [0.05, 0.1) is 28.4 Å². The van der Waals surface area contributed by atoms with Crippen LogP contribution in [-0.2, 0) is 4.79 Å². The van der Waals surface area contributed by atoms with Crippen molar-refractivity contribution < 1.29 is 14.0 Å². The number of nitrogens with one attached hydrogen (secondary N) is 1. The monoisotopic (exact) mass is 542 g/mol. The van der Waals surface area contributed by atoms with Crippen molar-refractivity contribution in [2.24, 2.45) is 5.41 Å². The highest BCUT2D eigenvalue weighted by Gasteiger charge is 2.39. The smallest absolute Gasteiger partial charge is 0.255 e. The summed E-state index contributed by atoms with van der Waals surface area (Å²) in [6.45, 7) is 3.82. The van der Waals surface area contributed by atoms with Crippen LogP contribution in [0.4, 0.5) is 9.52 Å². The lowest BCUT2D eigenvalue weighted by atomic mass is 9.70. The first kappa shape index (κ1) is 26.2. The fraction of sp³-hybridized carbons (Fsp3) is 0.207. The van der Waals surface area contributed by atoms with Crippen LogP contribution in [-0.4, -0.2) is 50.8 Å². The van der Waals surface area contributed by atoms with Crippen LogP contribution in [0.5, 0.6) is 0 Å². The van der Waals surface area contributed by atoms with Crippen molar-refractivity contribution in [1.29, 1.82) is 0 Å². The van der Waals surface area contributed by atoms with Crippen molar-refractivity contribution in [3.05, 3.63) is 101 Å². The first-order valence-electron chi connectivity index (χ1n) is 12.3. The van der Waals surface area contributed by atoms with Crippen LogP contribution in [0.25, 0.3) is 16.6 Å². The zero-order chi connectivity index (χ0) is 27.7. The molecule has 0 bridgehead atoms. The second-order valence-electron chi connectivity index (χ2n) is 10.00. The van der Waals surface area contributed by atoms with Gasteiger partial charge in [0.1, 0.15) is 11.3 Å². The topological polar surface area (TPSA) is 93.0 Å². The second-order valence-corrected chi connectivity index (χ2v) is 10.8. The number of rotatable bonds is 7. The molecule has 5 rings (SSSR count). The molecule has 0 unspecified atom stereocenters. The molecule has 1 N–H and O–H groups in total. The van der Waals surface area contributed by atoms with Gasteiger partial charge in [-0.15, -0.1) is 10.2 Å². The number of hydrogen-bond donors (Lipinski definition) is 1. The first-order chi connectivity index (χ1) is 18.7. The third-order valence-corrected chi connectivity index (χ3v) is 7.38. The molecule has 2 aromatic heterocycles. The summed E-state index contributed by atoms with van der Waals surface area (Å²) >= 11 is 1.26. The van der Waals surface area contributed by atoms with Crippen LogP contribution >= 0.6 is 11.3 Å². The number of hydrogen-bond acceptors (Lipinski definition) is 6. The number of aromatic nitrogens is 4. The summed E-state index contributed by atoms with van der Waals surface area (Å²) in [5.74, 6) is -1.29. The van der Waals surface area contributed by atoms with E-state index in [-0.39, 0.29) is 23.3 Å². The quantitative estimate of drug-likeness (QED) is 0.293. The number of anilines is 1. The van der Waals surface area contributed by atoms with Crippen molar-refractivity contribution in [2.75, 3.05) is 19.4 Å². The van der Waals surface area contributed by atoms with Gasteiger partial charge < -0.3 is 10.2 Å². The average molecular weight is 543 g/mol. The summed E-state index contributed by atoms with van der Waals surface area (Å²) in [6.07, 6.45) is 1.71. The van der Waals surface area contributed by atoms with E-state index in [2.05, 4.69) is 20.6 Å². The number of nitrogens with zero attached hydrogens (tertiary/aromatic N) is 5. The van der Waals surface area contributed by atoms with Gasteiger partial charge >= 0.3 is 0 Å². The van der Waals surface area contributed by atoms with Crippen molar-refractivity contribution >= 4 is 39.2 Å². The molecule has 0 aliphatic rings. The molecule has 8 nitrogen and oxygen atoms in total. The lowest BCUT2D eigenvalue weighted by Gasteiger charge is -2.33. The van der Waals surface area contributed by atoms with Gasteiger partial charge in [-0.25, -0.2) is 9.07 Å². The zero-order valence-electron chi connectivity index (χ0n) is 21.9. The van der Waals surface area contributed by atoms with Gasteiger partial charge in [-0.05, 0) is 41.5 Å². The van der Waals surface area contributed by atoms with Gasteiger partial charge in [-0.2, -0.15) is 5.10 Å². The second kappa shape index (κ2) is 10.4.